The van der Waals surface area contributed by atoms with E-state index in [-0.39, 0.29) is 5.97 Å². The van der Waals surface area contributed by atoms with Crippen molar-refractivity contribution in [3.63, 3.8) is 0 Å². The molecule has 0 N–H and O–H groups in total. The zero-order valence-corrected chi connectivity index (χ0v) is 27.9. The Kier molecular flexibility index (Phi) is 12.1. The Balaban J connectivity index is 1.86. The fraction of sp³-hybridized carbons (Fsp3) is 0.486. The second-order valence-electron chi connectivity index (χ2n) is 12.8. The van der Waals surface area contributed by atoms with Crippen molar-refractivity contribution in [2.45, 2.75) is 104 Å². The fourth-order valence-electron chi connectivity index (χ4n) is 5.00. The lowest BCUT2D eigenvalue weighted by atomic mass is 9.97. The number of unbranched alkanes of at least 4 members (excludes halogenated alkanes) is 1. The molecule has 1 aliphatic heterocycles. The van der Waals surface area contributed by atoms with Gasteiger partial charge in [0.1, 0.15) is 11.9 Å². The van der Waals surface area contributed by atoms with Gasteiger partial charge in [-0.1, -0.05) is 81.0 Å². The summed E-state index contributed by atoms with van der Waals surface area (Å²) in [5, 5.41) is 0. The van der Waals surface area contributed by atoms with Crippen molar-refractivity contribution in [2.75, 3.05) is 6.61 Å². The zero-order chi connectivity index (χ0) is 31.8. The molecule has 1 aliphatic rings. The number of rotatable bonds is 13. The van der Waals surface area contributed by atoms with Crippen LogP contribution in [0.2, 0.25) is 25.7 Å². The van der Waals surface area contributed by atoms with Crippen molar-refractivity contribution in [2.24, 2.45) is 0 Å². The van der Waals surface area contributed by atoms with Crippen LogP contribution < -0.4 is 0 Å². The quantitative estimate of drug-likeness (QED) is 0.167. The summed E-state index contributed by atoms with van der Waals surface area (Å²) in [6.07, 6.45) is 4.00. The fourth-order valence-corrected chi connectivity index (χ4v) is 5.71. The molecule has 0 amide bonds. The Bertz CT molecular complexity index is 1310. The zero-order valence-electron chi connectivity index (χ0n) is 26.9. The molecule has 1 unspecified atom stereocenters. The van der Waals surface area contributed by atoms with Gasteiger partial charge in [0.2, 0.25) is 0 Å². The number of halogens is 1. The summed E-state index contributed by atoms with van der Waals surface area (Å²) in [6, 6.07) is 13.3. The van der Waals surface area contributed by atoms with Gasteiger partial charge in [0.05, 0.1) is 23.8 Å². The van der Waals surface area contributed by atoms with Gasteiger partial charge in [-0.15, -0.1) is 0 Å². The molecule has 0 saturated carbocycles. The van der Waals surface area contributed by atoms with Gasteiger partial charge in [-0.05, 0) is 75.9 Å². The van der Waals surface area contributed by atoms with Crippen LogP contribution in [0, 0.1) is 13.8 Å². The van der Waals surface area contributed by atoms with Crippen molar-refractivity contribution in [1.29, 1.82) is 0 Å². The third-order valence-corrected chi connectivity index (χ3v) is 8.83. The van der Waals surface area contributed by atoms with Crippen LogP contribution >= 0.6 is 0 Å². The lowest BCUT2D eigenvalue weighted by Gasteiger charge is -2.25. The number of hydrogen-bond acceptors (Lipinski definition) is 6. The Morgan fingerprint density at radius 2 is 1.77 bits per heavy atom. The maximum absolute atomic E-state index is 15.6. The number of carbonyl (C=O) groups is 2. The molecule has 0 aliphatic carbocycles. The molecule has 0 bridgehead atoms. The molecule has 234 valence electrons. The SMILES string of the molecule is CCC/C=C(/F)C(OC(=O)c1ccccc1)[C@H]1OC(C)(C)O[C@H]1C/C=C/c1cc(C)cc(C)c1C(=O)OCC[Si](C)(C)C. The molecular formula is C35H47FO6Si. The van der Waals surface area contributed by atoms with E-state index < -0.39 is 44.0 Å². The Hall–Kier alpha value is -3.07. The van der Waals surface area contributed by atoms with Gasteiger partial charge >= 0.3 is 11.9 Å². The highest BCUT2D eigenvalue weighted by Crippen LogP contribution is 2.36. The topological polar surface area (TPSA) is 71.1 Å². The van der Waals surface area contributed by atoms with Gasteiger partial charge in [-0.25, -0.2) is 14.0 Å². The average molecular weight is 611 g/mol. The van der Waals surface area contributed by atoms with Crippen LogP contribution in [-0.4, -0.2) is 50.7 Å². The van der Waals surface area contributed by atoms with Gasteiger partial charge in [0.25, 0.3) is 0 Å². The van der Waals surface area contributed by atoms with Crippen LogP contribution in [0.4, 0.5) is 4.39 Å². The van der Waals surface area contributed by atoms with Crippen LogP contribution in [0.15, 0.2) is 60.4 Å². The summed E-state index contributed by atoms with van der Waals surface area (Å²) < 4.78 is 39.3. The van der Waals surface area contributed by atoms with Crippen LogP contribution in [0.3, 0.4) is 0 Å². The predicted octanol–water partition coefficient (Wildman–Crippen LogP) is 8.60. The summed E-state index contributed by atoms with van der Waals surface area (Å²) in [5.74, 6) is -2.56. The van der Waals surface area contributed by atoms with Crippen LogP contribution in [0.25, 0.3) is 6.08 Å². The largest absolute Gasteiger partial charge is 0.462 e. The van der Waals surface area contributed by atoms with Crippen molar-refractivity contribution >= 4 is 26.1 Å². The summed E-state index contributed by atoms with van der Waals surface area (Å²) >= 11 is 0. The first-order valence-electron chi connectivity index (χ1n) is 15.1. The molecule has 2 aromatic rings. The van der Waals surface area contributed by atoms with E-state index in [4.69, 9.17) is 18.9 Å². The Morgan fingerprint density at radius 3 is 2.42 bits per heavy atom. The van der Waals surface area contributed by atoms with E-state index in [0.717, 1.165) is 29.2 Å². The first-order valence-corrected chi connectivity index (χ1v) is 18.8. The number of aryl methyl sites for hydroxylation is 2. The molecule has 1 heterocycles. The standard InChI is InChI=1S/C35H47FO6Si/c1-9-10-18-28(36)31(40-33(37)26-15-12-11-13-16-26)32-29(41-35(4,5)42-32)19-14-17-27-23-24(2)22-25(3)30(27)34(38)39-20-21-43(6,7)8/h11-18,22-23,29,31-32H,9-10,19-21H2,1-8H3/b17-14+,28-18+/t29-,31?,32-/m0/s1. The van der Waals surface area contributed by atoms with E-state index in [0.29, 0.717) is 30.6 Å². The van der Waals surface area contributed by atoms with Gasteiger partial charge in [0.15, 0.2) is 11.9 Å². The third-order valence-electron chi connectivity index (χ3n) is 7.13. The van der Waals surface area contributed by atoms with E-state index in [9.17, 15) is 9.59 Å². The molecule has 0 spiro atoms. The smallest absolute Gasteiger partial charge is 0.338 e. The first kappa shape index (κ1) is 34.4. The minimum atomic E-state index is -1.35. The highest BCUT2D eigenvalue weighted by molar-refractivity contribution is 6.76. The summed E-state index contributed by atoms with van der Waals surface area (Å²) in [7, 11) is -1.35. The van der Waals surface area contributed by atoms with E-state index in [1.807, 2.05) is 45.1 Å². The second kappa shape index (κ2) is 15.1. The highest BCUT2D eigenvalue weighted by atomic mass is 28.3. The second-order valence-corrected chi connectivity index (χ2v) is 18.5. The molecule has 1 saturated heterocycles. The number of hydrogen-bond donors (Lipinski definition) is 0. The average Bonchev–Trinajstić information content (AvgIpc) is 3.23. The van der Waals surface area contributed by atoms with Crippen LogP contribution in [-0.2, 0) is 18.9 Å². The summed E-state index contributed by atoms with van der Waals surface area (Å²) in [5.41, 5.74) is 3.45. The van der Waals surface area contributed by atoms with Crippen LogP contribution in [0.1, 0.15) is 77.4 Å². The molecule has 43 heavy (non-hydrogen) atoms. The molecule has 0 radical (unpaired) electrons. The normalized spacial score (nSPS) is 19.4. The molecule has 3 rings (SSSR count). The van der Waals surface area contributed by atoms with Crippen molar-refractivity contribution in [3.8, 4) is 0 Å². The lowest BCUT2D eigenvalue weighted by Crippen LogP contribution is -2.39. The van der Waals surface area contributed by atoms with Crippen molar-refractivity contribution < 1.29 is 32.9 Å². The molecule has 8 heteroatoms. The Morgan fingerprint density at radius 1 is 1.07 bits per heavy atom. The van der Waals surface area contributed by atoms with Gasteiger partial charge in [0, 0.05) is 8.07 Å². The number of allylic oxidation sites excluding steroid dienone is 1. The maximum Gasteiger partial charge on any atom is 0.338 e. The van der Waals surface area contributed by atoms with E-state index in [1.54, 1.807) is 44.2 Å². The first-order chi connectivity index (χ1) is 20.2. The van der Waals surface area contributed by atoms with E-state index in [2.05, 4.69) is 19.6 Å². The molecule has 3 atom stereocenters. The van der Waals surface area contributed by atoms with Gasteiger partial charge in [-0.2, -0.15) is 0 Å². The number of carbonyl (C=O) groups excluding carboxylic acids is 2. The number of benzene rings is 2. The molecule has 6 nitrogen and oxygen atoms in total. The molecule has 2 aromatic carbocycles. The predicted molar refractivity (Wildman–Crippen MR) is 172 cm³/mol. The van der Waals surface area contributed by atoms with Gasteiger partial charge < -0.3 is 18.9 Å². The Labute approximate surface area is 257 Å². The van der Waals surface area contributed by atoms with Crippen LogP contribution in [0.5, 0.6) is 0 Å². The third kappa shape index (κ3) is 10.3. The minimum absolute atomic E-state index is 0.324. The van der Waals surface area contributed by atoms with Crippen molar-refractivity contribution in [1.82, 2.24) is 0 Å². The monoisotopic (exact) mass is 610 g/mol. The molecular weight excluding hydrogens is 563 g/mol. The summed E-state index contributed by atoms with van der Waals surface area (Å²) in [4.78, 5) is 26.1. The van der Waals surface area contributed by atoms with Gasteiger partial charge in [-0.3, -0.25) is 0 Å². The molecule has 1 fully saturated rings. The number of esters is 2. The van der Waals surface area contributed by atoms with Crippen molar-refractivity contribution in [3.05, 3.63) is 88.3 Å². The minimum Gasteiger partial charge on any atom is -0.462 e. The van der Waals surface area contributed by atoms with E-state index in [1.165, 1.54) is 6.08 Å². The molecule has 0 aromatic heterocycles. The number of ether oxygens (including phenoxy) is 4. The summed E-state index contributed by atoms with van der Waals surface area (Å²) in [6.45, 7) is 16.5. The highest BCUT2D eigenvalue weighted by Gasteiger charge is 2.47. The maximum atomic E-state index is 15.6. The van der Waals surface area contributed by atoms with E-state index >= 15 is 4.39 Å². The lowest BCUT2D eigenvalue weighted by molar-refractivity contribution is -0.154.